The van der Waals surface area contributed by atoms with E-state index >= 15 is 0 Å². The van der Waals surface area contributed by atoms with E-state index in [0.717, 1.165) is 12.1 Å². The number of rotatable bonds is 4. The normalized spacial score (nSPS) is 19.3. The Labute approximate surface area is 170 Å². The molecule has 0 bridgehead atoms. The number of hydrogen-bond acceptors (Lipinski definition) is 4. The van der Waals surface area contributed by atoms with Gasteiger partial charge in [0.25, 0.3) is 5.91 Å². The standard InChI is InChI=1S/C21H18F3N3O3/c1-3-10-20(14-5-8-16(28)9-6-14)18(29)27(19(30)26(20)2)15-7-4-13(12-25)17(11-15)21(22,23)24/h4-9,11,28H,3,10H2,1-2H3. The van der Waals surface area contributed by atoms with Gasteiger partial charge in [0.15, 0.2) is 0 Å². The average molecular weight is 417 g/mol. The first-order valence-corrected chi connectivity index (χ1v) is 9.11. The summed E-state index contributed by atoms with van der Waals surface area (Å²) in [6, 6.07) is 9.21. The fourth-order valence-electron chi connectivity index (χ4n) is 3.79. The second-order valence-electron chi connectivity index (χ2n) is 6.98. The van der Waals surface area contributed by atoms with E-state index in [0.29, 0.717) is 23.0 Å². The number of halogens is 3. The van der Waals surface area contributed by atoms with Crippen molar-refractivity contribution in [2.24, 2.45) is 0 Å². The van der Waals surface area contributed by atoms with E-state index in [1.807, 2.05) is 6.92 Å². The van der Waals surface area contributed by atoms with Gasteiger partial charge in [-0.15, -0.1) is 0 Å². The second-order valence-corrected chi connectivity index (χ2v) is 6.98. The molecule has 1 aliphatic rings. The van der Waals surface area contributed by atoms with E-state index in [2.05, 4.69) is 0 Å². The van der Waals surface area contributed by atoms with Crippen LogP contribution < -0.4 is 4.90 Å². The van der Waals surface area contributed by atoms with E-state index in [1.165, 1.54) is 42.3 Å². The Morgan fingerprint density at radius 3 is 2.30 bits per heavy atom. The minimum Gasteiger partial charge on any atom is -0.508 e. The van der Waals surface area contributed by atoms with Crippen molar-refractivity contribution >= 4 is 17.6 Å². The topological polar surface area (TPSA) is 84.6 Å². The highest BCUT2D eigenvalue weighted by Crippen LogP contribution is 2.43. The third kappa shape index (κ3) is 3.14. The van der Waals surface area contributed by atoms with Crippen molar-refractivity contribution in [3.05, 3.63) is 59.2 Å². The predicted octanol–water partition coefficient (Wildman–Crippen LogP) is 4.38. The van der Waals surface area contributed by atoms with Gasteiger partial charge in [0.05, 0.1) is 22.9 Å². The Bertz CT molecular complexity index is 1040. The van der Waals surface area contributed by atoms with Gasteiger partial charge in [0.2, 0.25) is 0 Å². The van der Waals surface area contributed by atoms with Crippen molar-refractivity contribution in [3.63, 3.8) is 0 Å². The zero-order valence-electron chi connectivity index (χ0n) is 16.2. The highest BCUT2D eigenvalue weighted by atomic mass is 19.4. The van der Waals surface area contributed by atoms with Crippen molar-refractivity contribution in [3.8, 4) is 11.8 Å². The molecule has 30 heavy (non-hydrogen) atoms. The number of carbonyl (C=O) groups excluding carboxylic acids is 2. The number of hydrogen-bond donors (Lipinski definition) is 1. The van der Waals surface area contributed by atoms with Gasteiger partial charge in [-0.05, 0) is 42.3 Å². The van der Waals surface area contributed by atoms with Gasteiger partial charge in [0, 0.05) is 7.05 Å². The van der Waals surface area contributed by atoms with E-state index in [4.69, 9.17) is 5.26 Å². The quantitative estimate of drug-likeness (QED) is 0.749. The molecule has 9 heteroatoms. The number of phenols is 1. The van der Waals surface area contributed by atoms with E-state index in [1.54, 1.807) is 0 Å². The van der Waals surface area contributed by atoms with Crippen LogP contribution in [0.15, 0.2) is 42.5 Å². The van der Waals surface area contributed by atoms with E-state index in [-0.39, 0.29) is 17.9 Å². The van der Waals surface area contributed by atoms with Crippen LogP contribution in [0.3, 0.4) is 0 Å². The van der Waals surface area contributed by atoms with Gasteiger partial charge in [-0.2, -0.15) is 18.4 Å². The third-order valence-electron chi connectivity index (χ3n) is 5.25. The van der Waals surface area contributed by atoms with Gasteiger partial charge in [0.1, 0.15) is 11.3 Å². The molecule has 3 rings (SSSR count). The fourth-order valence-corrected chi connectivity index (χ4v) is 3.79. The summed E-state index contributed by atoms with van der Waals surface area (Å²) < 4.78 is 40.1. The van der Waals surface area contributed by atoms with Crippen LogP contribution in [0.5, 0.6) is 5.75 Å². The van der Waals surface area contributed by atoms with E-state index in [9.17, 15) is 27.9 Å². The van der Waals surface area contributed by atoms with Crippen LogP contribution in [0.25, 0.3) is 0 Å². The molecule has 1 saturated heterocycles. The second kappa shape index (κ2) is 7.37. The number of imide groups is 1. The number of benzene rings is 2. The number of alkyl halides is 3. The first-order chi connectivity index (χ1) is 14.1. The zero-order chi connectivity index (χ0) is 22.3. The third-order valence-corrected chi connectivity index (χ3v) is 5.25. The van der Waals surface area contributed by atoms with Crippen molar-refractivity contribution in [1.29, 1.82) is 5.26 Å². The molecule has 6 nitrogen and oxygen atoms in total. The molecule has 2 aromatic carbocycles. The first-order valence-electron chi connectivity index (χ1n) is 9.11. The van der Waals surface area contributed by atoms with Gasteiger partial charge < -0.3 is 10.0 Å². The van der Waals surface area contributed by atoms with Crippen molar-refractivity contribution in [1.82, 2.24) is 4.90 Å². The zero-order valence-corrected chi connectivity index (χ0v) is 16.2. The highest BCUT2D eigenvalue weighted by molar-refractivity contribution is 6.23. The van der Waals surface area contributed by atoms with Gasteiger partial charge in [-0.3, -0.25) is 4.79 Å². The number of nitriles is 1. The minimum absolute atomic E-state index is 0.0245. The maximum absolute atomic E-state index is 13.5. The van der Waals surface area contributed by atoms with Crippen LogP contribution in [0.1, 0.15) is 36.5 Å². The summed E-state index contributed by atoms with van der Waals surface area (Å²) in [7, 11) is 1.41. The summed E-state index contributed by atoms with van der Waals surface area (Å²) in [4.78, 5) is 28.4. The number of aromatic hydroxyl groups is 1. The largest absolute Gasteiger partial charge is 0.508 e. The molecule has 3 amide bonds. The molecule has 0 saturated carbocycles. The lowest BCUT2D eigenvalue weighted by molar-refractivity contribution is -0.137. The molecule has 0 spiro atoms. The van der Waals surface area contributed by atoms with Crippen LogP contribution in [0.2, 0.25) is 0 Å². The van der Waals surface area contributed by atoms with Gasteiger partial charge in [-0.1, -0.05) is 25.5 Å². The summed E-state index contributed by atoms with van der Waals surface area (Å²) in [5, 5.41) is 18.6. The van der Waals surface area contributed by atoms with Crippen molar-refractivity contribution in [2.75, 3.05) is 11.9 Å². The molecular formula is C21H18F3N3O3. The van der Waals surface area contributed by atoms with Crippen LogP contribution in [-0.4, -0.2) is 29.0 Å². The number of nitrogens with zero attached hydrogens (tertiary/aromatic N) is 3. The lowest BCUT2D eigenvalue weighted by Crippen LogP contribution is -2.45. The number of likely N-dealkylation sites (N-methyl/N-ethyl adjacent to an activating group) is 1. The number of carbonyl (C=O) groups is 2. The average Bonchev–Trinajstić information content (AvgIpc) is 2.89. The van der Waals surface area contributed by atoms with Crippen LogP contribution in [0.4, 0.5) is 23.7 Å². The number of amides is 3. The maximum atomic E-state index is 13.5. The summed E-state index contributed by atoms with van der Waals surface area (Å²) in [5.74, 6) is -0.719. The van der Waals surface area contributed by atoms with Crippen molar-refractivity contribution in [2.45, 2.75) is 31.5 Å². The summed E-state index contributed by atoms with van der Waals surface area (Å²) >= 11 is 0. The Hall–Kier alpha value is -3.54. The summed E-state index contributed by atoms with van der Waals surface area (Å²) in [6.07, 6.45) is -4.08. The Balaban J connectivity index is 2.17. The van der Waals surface area contributed by atoms with Crippen molar-refractivity contribution < 1.29 is 27.9 Å². The molecule has 1 heterocycles. The van der Waals surface area contributed by atoms with Crippen LogP contribution in [-0.2, 0) is 16.5 Å². The number of urea groups is 1. The van der Waals surface area contributed by atoms with Gasteiger partial charge in [-0.25, -0.2) is 9.69 Å². The SMILES string of the molecule is CCCC1(c2ccc(O)cc2)C(=O)N(c2ccc(C#N)c(C(F)(F)F)c2)C(=O)N1C. The van der Waals surface area contributed by atoms with Crippen LogP contribution in [0, 0.1) is 11.3 Å². The minimum atomic E-state index is -4.82. The smallest absolute Gasteiger partial charge is 0.417 e. The molecular weight excluding hydrogens is 399 g/mol. The maximum Gasteiger partial charge on any atom is 0.417 e. The molecule has 1 atom stereocenters. The molecule has 1 aliphatic heterocycles. The lowest BCUT2D eigenvalue weighted by atomic mass is 9.84. The molecule has 1 fully saturated rings. The monoisotopic (exact) mass is 417 g/mol. The van der Waals surface area contributed by atoms with Gasteiger partial charge >= 0.3 is 12.2 Å². The summed E-state index contributed by atoms with van der Waals surface area (Å²) in [5.41, 5.74) is -3.07. The number of anilines is 1. The Morgan fingerprint density at radius 2 is 1.77 bits per heavy atom. The van der Waals surface area contributed by atoms with E-state index < -0.39 is 34.8 Å². The Morgan fingerprint density at radius 1 is 1.13 bits per heavy atom. The molecule has 156 valence electrons. The molecule has 1 unspecified atom stereocenters. The summed E-state index contributed by atoms with van der Waals surface area (Å²) in [6.45, 7) is 1.82. The predicted molar refractivity (Wildman–Crippen MR) is 101 cm³/mol. The molecule has 0 aromatic heterocycles. The first kappa shape index (κ1) is 21.2. The molecule has 2 aromatic rings. The lowest BCUT2D eigenvalue weighted by Gasteiger charge is -2.33. The molecule has 0 radical (unpaired) electrons. The molecule has 0 aliphatic carbocycles. The highest BCUT2D eigenvalue weighted by Gasteiger charge is 2.56. The van der Waals surface area contributed by atoms with Crippen LogP contribution >= 0.6 is 0 Å². The Kier molecular flexibility index (Phi) is 5.20. The number of phenolic OH excluding ortho intramolecular Hbond substituents is 1. The molecule has 1 N–H and O–H groups in total. The fraction of sp³-hybridized carbons (Fsp3) is 0.286.